The maximum Gasteiger partial charge on any atom is 0.279 e. The van der Waals surface area contributed by atoms with Crippen LogP contribution < -0.4 is 11.3 Å². The molecule has 2 heterocycles. The molecule has 7 heteroatoms. The van der Waals surface area contributed by atoms with E-state index in [2.05, 4.69) is 15.1 Å². The predicted molar refractivity (Wildman–Crippen MR) is 55.3 cm³/mol. The topological polar surface area (TPSA) is 89.6 Å². The molecular formula is C7H9N5OS. The number of H-pyrrole nitrogens is 1. The van der Waals surface area contributed by atoms with E-state index in [4.69, 9.17) is 5.73 Å². The molecule has 0 spiro atoms. The molecule has 2 rings (SSSR count). The molecule has 3 N–H and O–H groups in total. The maximum absolute atomic E-state index is 11.5. The number of hydrogen-bond donors (Lipinski definition) is 2. The van der Waals surface area contributed by atoms with E-state index in [1.54, 1.807) is 7.05 Å². The van der Waals surface area contributed by atoms with E-state index in [0.717, 1.165) is 0 Å². The van der Waals surface area contributed by atoms with Gasteiger partial charge in [-0.15, -0.1) is 0 Å². The number of aromatic nitrogens is 4. The summed E-state index contributed by atoms with van der Waals surface area (Å²) in [4.78, 5) is 19.6. The number of anilines is 1. The summed E-state index contributed by atoms with van der Waals surface area (Å²) >= 11 is 1.38. The van der Waals surface area contributed by atoms with Gasteiger partial charge in [0.1, 0.15) is 11.2 Å². The van der Waals surface area contributed by atoms with E-state index in [-0.39, 0.29) is 11.4 Å². The lowest BCUT2D eigenvalue weighted by atomic mass is 10.4. The fraction of sp³-hybridized carbons (Fsp3) is 0.286. The van der Waals surface area contributed by atoms with Gasteiger partial charge >= 0.3 is 0 Å². The Bertz CT molecular complexity index is 543. The van der Waals surface area contributed by atoms with Gasteiger partial charge < -0.3 is 5.73 Å². The zero-order valence-corrected chi connectivity index (χ0v) is 8.55. The van der Waals surface area contributed by atoms with Crippen molar-refractivity contribution < 1.29 is 0 Å². The maximum atomic E-state index is 11.5. The van der Waals surface area contributed by atoms with E-state index in [9.17, 15) is 4.79 Å². The Balaban J connectivity index is 2.90. The predicted octanol–water partition coefficient (Wildman–Crippen LogP) is -0.0393. The highest BCUT2D eigenvalue weighted by molar-refractivity contribution is 7.98. The lowest BCUT2D eigenvalue weighted by Gasteiger charge is -1.96. The number of aromatic amines is 1. The van der Waals surface area contributed by atoms with Crippen molar-refractivity contribution in [1.29, 1.82) is 0 Å². The smallest absolute Gasteiger partial charge is 0.279 e. The summed E-state index contributed by atoms with van der Waals surface area (Å²) in [6.45, 7) is 0. The fourth-order valence-electron chi connectivity index (χ4n) is 1.22. The number of nitrogens with two attached hydrogens (primary N) is 1. The Kier molecular flexibility index (Phi) is 1.95. The van der Waals surface area contributed by atoms with Gasteiger partial charge in [0, 0.05) is 7.05 Å². The molecule has 2 aromatic heterocycles. The fourth-order valence-corrected chi connectivity index (χ4v) is 1.59. The summed E-state index contributed by atoms with van der Waals surface area (Å²) in [5.74, 6) is 0.223. The van der Waals surface area contributed by atoms with Gasteiger partial charge in [0.15, 0.2) is 10.8 Å². The van der Waals surface area contributed by atoms with Gasteiger partial charge in [-0.3, -0.25) is 14.6 Å². The van der Waals surface area contributed by atoms with Crippen LogP contribution in [0.2, 0.25) is 0 Å². The summed E-state index contributed by atoms with van der Waals surface area (Å²) < 4.78 is 1.33. The summed E-state index contributed by atoms with van der Waals surface area (Å²) in [5, 5.41) is 3.71. The van der Waals surface area contributed by atoms with Crippen molar-refractivity contribution in [1.82, 2.24) is 19.7 Å². The van der Waals surface area contributed by atoms with Crippen LogP contribution >= 0.6 is 11.8 Å². The number of nitrogens with one attached hydrogen (secondary N) is 1. The zero-order valence-electron chi connectivity index (χ0n) is 7.74. The quantitative estimate of drug-likeness (QED) is 0.510. The molecule has 0 amide bonds. The first-order chi connectivity index (χ1) is 6.63. The third-order valence-electron chi connectivity index (χ3n) is 1.89. The Labute approximate surface area is 83.5 Å². The third kappa shape index (κ3) is 1.17. The number of hydrogen-bond acceptors (Lipinski definition) is 5. The minimum absolute atomic E-state index is 0.204. The SMILES string of the molecule is CSc1nc(N)c2c(=O)n(C)[nH]c2n1. The molecule has 0 aromatic carbocycles. The van der Waals surface area contributed by atoms with Crippen molar-refractivity contribution in [3.8, 4) is 0 Å². The van der Waals surface area contributed by atoms with Crippen molar-refractivity contribution in [2.24, 2.45) is 7.05 Å². The van der Waals surface area contributed by atoms with Crippen molar-refractivity contribution in [2.75, 3.05) is 12.0 Å². The van der Waals surface area contributed by atoms with E-state index in [0.29, 0.717) is 16.2 Å². The highest BCUT2D eigenvalue weighted by atomic mass is 32.2. The Hall–Kier alpha value is -1.50. The number of thioether (sulfide) groups is 1. The summed E-state index contributed by atoms with van der Waals surface area (Å²) in [6, 6.07) is 0. The van der Waals surface area contributed by atoms with Gasteiger partial charge in [0.2, 0.25) is 0 Å². The third-order valence-corrected chi connectivity index (χ3v) is 2.44. The second kappa shape index (κ2) is 3.02. The van der Waals surface area contributed by atoms with Gasteiger partial charge in [-0.05, 0) is 6.26 Å². The highest BCUT2D eigenvalue weighted by Gasteiger charge is 2.11. The summed E-state index contributed by atoms with van der Waals surface area (Å²) in [5.41, 5.74) is 5.93. The van der Waals surface area contributed by atoms with Crippen LogP contribution in [0.25, 0.3) is 11.0 Å². The minimum Gasteiger partial charge on any atom is -0.383 e. The molecule has 14 heavy (non-hydrogen) atoms. The molecule has 0 aliphatic rings. The molecular weight excluding hydrogens is 202 g/mol. The molecule has 0 saturated carbocycles. The van der Waals surface area contributed by atoms with Gasteiger partial charge in [-0.2, -0.15) is 0 Å². The van der Waals surface area contributed by atoms with Gasteiger partial charge in [-0.25, -0.2) is 9.97 Å². The first-order valence-electron chi connectivity index (χ1n) is 3.89. The molecule has 0 atom stereocenters. The van der Waals surface area contributed by atoms with E-state index in [1.165, 1.54) is 16.4 Å². The lowest BCUT2D eigenvalue weighted by molar-refractivity contribution is 0.746. The van der Waals surface area contributed by atoms with Gasteiger partial charge in [0.25, 0.3) is 5.56 Å². The van der Waals surface area contributed by atoms with Crippen LogP contribution in [0.1, 0.15) is 0 Å². The van der Waals surface area contributed by atoms with Crippen LogP contribution in [0.3, 0.4) is 0 Å². The van der Waals surface area contributed by atoms with Crippen molar-refractivity contribution in [3.05, 3.63) is 10.4 Å². The van der Waals surface area contributed by atoms with Crippen LogP contribution in [-0.4, -0.2) is 26.0 Å². The Morgan fingerprint density at radius 1 is 1.50 bits per heavy atom. The Morgan fingerprint density at radius 2 is 2.21 bits per heavy atom. The number of fused-ring (bicyclic) bond motifs is 1. The first kappa shape index (κ1) is 9.07. The molecule has 0 fully saturated rings. The van der Waals surface area contributed by atoms with Crippen molar-refractivity contribution in [2.45, 2.75) is 5.16 Å². The van der Waals surface area contributed by atoms with Gasteiger partial charge in [-0.1, -0.05) is 11.8 Å². The van der Waals surface area contributed by atoms with E-state index < -0.39 is 0 Å². The molecule has 74 valence electrons. The largest absolute Gasteiger partial charge is 0.383 e. The first-order valence-corrected chi connectivity index (χ1v) is 5.12. The molecule has 0 unspecified atom stereocenters. The molecule has 0 saturated heterocycles. The van der Waals surface area contributed by atoms with Crippen LogP contribution in [0.4, 0.5) is 5.82 Å². The number of nitrogens with zero attached hydrogens (tertiary/aromatic N) is 3. The van der Waals surface area contributed by atoms with Crippen LogP contribution in [0.15, 0.2) is 9.95 Å². The number of aryl methyl sites for hydroxylation is 1. The second-order valence-corrected chi connectivity index (χ2v) is 3.57. The Morgan fingerprint density at radius 3 is 2.86 bits per heavy atom. The average Bonchev–Trinajstić information content (AvgIpc) is 2.43. The standard InChI is InChI=1S/C7H9N5OS/c1-12-6(13)3-4(8)9-7(14-2)10-5(3)11-12/h1-2H3,(H3,8,9,10,11). The minimum atomic E-state index is -0.204. The molecule has 0 radical (unpaired) electrons. The van der Waals surface area contributed by atoms with Crippen LogP contribution in [0, 0.1) is 0 Å². The molecule has 0 aliphatic heterocycles. The van der Waals surface area contributed by atoms with Gasteiger partial charge in [0.05, 0.1) is 0 Å². The summed E-state index contributed by atoms with van der Waals surface area (Å²) in [7, 11) is 1.61. The number of nitrogen functional groups attached to an aromatic ring is 1. The monoisotopic (exact) mass is 211 g/mol. The van der Waals surface area contributed by atoms with Crippen LogP contribution in [-0.2, 0) is 7.05 Å². The van der Waals surface area contributed by atoms with E-state index >= 15 is 0 Å². The van der Waals surface area contributed by atoms with Crippen molar-refractivity contribution >= 4 is 28.6 Å². The molecule has 0 aliphatic carbocycles. The normalized spacial score (nSPS) is 11.0. The molecule has 2 aromatic rings. The molecule has 0 bridgehead atoms. The second-order valence-electron chi connectivity index (χ2n) is 2.80. The van der Waals surface area contributed by atoms with E-state index in [1.807, 2.05) is 6.26 Å². The van der Waals surface area contributed by atoms with Crippen LogP contribution in [0.5, 0.6) is 0 Å². The molecule has 6 nitrogen and oxygen atoms in total. The highest BCUT2D eigenvalue weighted by Crippen LogP contribution is 2.16. The number of rotatable bonds is 1. The summed E-state index contributed by atoms with van der Waals surface area (Å²) in [6.07, 6.45) is 1.85. The lowest BCUT2D eigenvalue weighted by Crippen LogP contribution is -2.12. The van der Waals surface area contributed by atoms with Crippen molar-refractivity contribution in [3.63, 3.8) is 0 Å². The zero-order chi connectivity index (χ0) is 10.3. The average molecular weight is 211 g/mol.